The van der Waals surface area contributed by atoms with Crippen LogP contribution in [0.25, 0.3) is 0 Å². The third kappa shape index (κ3) is 14.1. The molecule has 1 aliphatic heterocycles. The molecule has 1 rings (SSSR count). The highest BCUT2D eigenvalue weighted by atomic mass is 16.7. The molecule has 41 heavy (non-hydrogen) atoms. The van der Waals surface area contributed by atoms with Crippen molar-refractivity contribution >= 4 is 5.91 Å². The topological polar surface area (TPSA) is 45.3 Å². The second-order valence-corrected chi connectivity index (χ2v) is 12.8. The van der Waals surface area contributed by atoms with Gasteiger partial charge in [0.25, 0.3) is 0 Å². The second-order valence-electron chi connectivity index (χ2n) is 12.8. The maximum atomic E-state index is 14.0. The standard InChI is InChI=1S/C35H63N3O3/c1-12-15-21-37(22-17-16-20-36(10)11)34(39)26-38(33(14-3)24-35(8,9)29(5)13-2)25-28(4)32-19-18-30(6)40-27-41-31(7)23-32/h13,18-19,23,28,33H,12,14-17,20-22,24-27H2,1-11H3/b29-13?,30-18+,31-23+,32-19+/t28-,33-/m1/s1. The molecule has 0 aromatic carbocycles. The molecule has 0 radical (unpaired) electrons. The van der Waals surface area contributed by atoms with E-state index < -0.39 is 0 Å². The Hall–Kier alpha value is -2.05. The van der Waals surface area contributed by atoms with Crippen LogP contribution in [0.4, 0.5) is 0 Å². The molecule has 1 heterocycles. The molecule has 0 aromatic rings. The molecular formula is C35H63N3O3. The van der Waals surface area contributed by atoms with Crippen molar-refractivity contribution in [2.75, 3.05) is 53.6 Å². The van der Waals surface area contributed by atoms with E-state index in [1.54, 1.807) is 0 Å². The molecule has 1 amide bonds. The molecule has 0 saturated carbocycles. The van der Waals surface area contributed by atoms with Crippen LogP contribution in [0.15, 0.2) is 47.0 Å². The van der Waals surface area contributed by atoms with Crippen LogP contribution in [0, 0.1) is 11.3 Å². The van der Waals surface area contributed by atoms with E-state index in [1.807, 2.05) is 19.9 Å². The minimum atomic E-state index is 0.0625. The van der Waals surface area contributed by atoms with Gasteiger partial charge in [0, 0.05) is 25.7 Å². The Labute approximate surface area is 253 Å². The van der Waals surface area contributed by atoms with Crippen molar-refractivity contribution in [2.45, 2.75) is 107 Å². The zero-order chi connectivity index (χ0) is 31.0. The summed E-state index contributed by atoms with van der Waals surface area (Å²) < 4.78 is 11.4. The first-order valence-electron chi connectivity index (χ1n) is 16.0. The zero-order valence-electron chi connectivity index (χ0n) is 28.5. The van der Waals surface area contributed by atoms with Crippen LogP contribution in [0.1, 0.15) is 101 Å². The van der Waals surface area contributed by atoms with Crippen LogP contribution in [0.5, 0.6) is 0 Å². The molecule has 0 bridgehead atoms. The predicted octanol–water partition coefficient (Wildman–Crippen LogP) is 7.79. The lowest BCUT2D eigenvalue weighted by Crippen LogP contribution is -2.48. The summed E-state index contributed by atoms with van der Waals surface area (Å²) in [5.41, 5.74) is 2.65. The number of ether oxygens (including phenoxy) is 2. The minimum Gasteiger partial charge on any atom is -0.462 e. The van der Waals surface area contributed by atoms with E-state index in [1.165, 1.54) is 11.1 Å². The molecule has 0 N–H and O–H groups in total. The number of hydrogen-bond donors (Lipinski definition) is 0. The molecule has 0 spiro atoms. The molecule has 236 valence electrons. The normalized spacial score (nSPS) is 20.3. The fourth-order valence-corrected chi connectivity index (χ4v) is 5.29. The van der Waals surface area contributed by atoms with Crippen molar-refractivity contribution in [2.24, 2.45) is 11.3 Å². The van der Waals surface area contributed by atoms with E-state index in [-0.39, 0.29) is 24.0 Å². The van der Waals surface area contributed by atoms with Crippen LogP contribution in [-0.2, 0) is 14.3 Å². The number of unbranched alkanes of at least 4 members (excludes halogenated alkanes) is 2. The van der Waals surface area contributed by atoms with Crippen LogP contribution >= 0.6 is 0 Å². The number of carbonyl (C=O) groups is 1. The van der Waals surface area contributed by atoms with Gasteiger partial charge >= 0.3 is 0 Å². The van der Waals surface area contributed by atoms with Crippen LogP contribution < -0.4 is 0 Å². The first-order chi connectivity index (χ1) is 19.3. The quantitative estimate of drug-likeness (QED) is 0.124. The highest BCUT2D eigenvalue weighted by Crippen LogP contribution is 2.34. The molecule has 6 nitrogen and oxygen atoms in total. The van der Waals surface area contributed by atoms with E-state index in [0.717, 1.165) is 76.2 Å². The van der Waals surface area contributed by atoms with Gasteiger partial charge < -0.3 is 19.3 Å². The minimum absolute atomic E-state index is 0.0625. The number of rotatable bonds is 18. The van der Waals surface area contributed by atoms with Gasteiger partial charge in [-0.1, -0.05) is 58.8 Å². The highest BCUT2D eigenvalue weighted by molar-refractivity contribution is 5.78. The van der Waals surface area contributed by atoms with Crippen LogP contribution in [-0.4, -0.2) is 80.3 Å². The van der Waals surface area contributed by atoms with Gasteiger partial charge in [0.15, 0.2) is 0 Å². The monoisotopic (exact) mass is 573 g/mol. The summed E-state index contributed by atoms with van der Waals surface area (Å²) in [6, 6.07) is 0.298. The Morgan fingerprint density at radius 1 is 1.02 bits per heavy atom. The Kier molecular flexibility index (Phi) is 17.3. The molecule has 0 fully saturated rings. The maximum Gasteiger partial charge on any atom is 0.236 e. The molecule has 1 aliphatic rings. The van der Waals surface area contributed by atoms with Gasteiger partial charge in [-0.2, -0.15) is 0 Å². The van der Waals surface area contributed by atoms with Crippen LogP contribution in [0.3, 0.4) is 0 Å². The van der Waals surface area contributed by atoms with E-state index >= 15 is 0 Å². The van der Waals surface area contributed by atoms with Gasteiger partial charge in [-0.25, -0.2) is 0 Å². The predicted molar refractivity (Wildman–Crippen MR) is 175 cm³/mol. The fraction of sp³-hybridized carbons (Fsp3) is 0.743. The summed E-state index contributed by atoms with van der Waals surface area (Å²) in [5, 5.41) is 0. The number of allylic oxidation sites excluding steroid dienone is 7. The second kappa shape index (κ2) is 19.2. The van der Waals surface area contributed by atoms with Gasteiger partial charge in [0.2, 0.25) is 12.7 Å². The van der Waals surface area contributed by atoms with Crippen molar-refractivity contribution in [3.63, 3.8) is 0 Å². The maximum absolute atomic E-state index is 14.0. The number of hydrogen-bond acceptors (Lipinski definition) is 5. The Bertz CT molecular complexity index is 900. The third-order valence-electron chi connectivity index (χ3n) is 8.52. The fourth-order valence-electron chi connectivity index (χ4n) is 5.29. The third-order valence-corrected chi connectivity index (χ3v) is 8.52. The van der Waals surface area contributed by atoms with Crippen molar-refractivity contribution in [1.29, 1.82) is 0 Å². The Balaban J connectivity index is 3.30. The molecule has 0 aliphatic carbocycles. The first-order valence-corrected chi connectivity index (χ1v) is 16.0. The Morgan fingerprint density at radius 2 is 1.66 bits per heavy atom. The van der Waals surface area contributed by atoms with Crippen molar-refractivity contribution in [3.8, 4) is 0 Å². The summed E-state index contributed by atoms with van der Waals surface area (Å²) in [5.74, 6) is 2.15. The summed E-state index contributed by atoms with van der Waals surface area (Å²) >= 11 is 0. The lowest BCUT2D eigenvalue weighted by atomic mass is 9.78. The largest absolute Gasteiger partial charge is 0.462 e. The summed E-state index contributed by atoms with van der Waals surface area (Å²) in [6.45, 7) is 23.9. The van der Waals surface area contributed by atoms with E-state index in [0.29, 0.717) is 12.6 Å². The Morgan fingerprint density at radius 3 is 2.27 bits per heavy atom. The molecule has 2 atom stereocenters. The average Bonchev–Trinajstić information content (AvgIpc) is 3.00. The van der Waals surface area contributed by atoms with Crippen LogP contribution in [0.2, 0.25) is 0 Å². The molecule has 0 aromatic heterocycles. The molecule has 0 saturated heterocycles. The van der Waals surface area contributed by atoms with Gasteiger partial charge in [0.1, 0.15) is 0 Å². The zero-order valence-corrected chi connectivity index (χ0v) is 28.5. The van der Waals surface area contributed by atoms with Gasteiger partial charge in [-0.05, 0) is 109 Å². The lowest BCUT2D eigenvalue weighted by Gasteiger charge is -2.39. The van der Waals surface area contributed by atoms with E-state index in [9.17, 15) is 4.79 Å². The van der Waals surface area contributed by atoms with E-state index in [2.05, 4.69) is 95.5 Å². The SMILES string of the molecule is CC=C(C)C(C)(C)C[C@@H](CC)N(CC(=O)N(CCCC)CCCCN(C)C)C[C@@H](C)C1=C/C=C(\C)OCO\C(C)=C\1. The number of amides is 1. The van der Waals surface area contributed by atoms with Gasteiger partial charge in [0.05, 0.1) is 18.1 Å². The lowest BCUT2D eigenvalue weighted by molar-refractivity contribution is -0.133. The number of carbonyl (C=O) groups excluding carboxylic acids is 1. The first kappa shape index (κ1) is 37.0. The number of nitrogens with zero attached hydrogens (tertiary/aromatic N) is 3. The highest BCUT2D eigenvalue weighted by Gasteiger charge is 2.30. The smallest absolute Gasteiger partial charge is 0.236 e. The molecular weight excluding hydrogens is 510 g/mol. The summed E-state index contributed by atoms with van der Waals surface area (Å²) in [6.07, 6.45) is 14.8. The van der Waals surface area contributed by atoms with Crippen molar-refractivity contribution < 1.29 is 14.3 Å². The van der Waals surface area contributed by atoms with Gasteiger partial charge in [-0.15, -0.1) is 0 Å². The molecule has 6 heteroatoms. The summed E-state index contributed by atoms with van der Waals surface area (Å²) in [4.78, 5) is 20.8. The van der Waals surface area contributed by atoms with E-state index in [4.69, 9.17) is 9.47 Å². The average molecular weight is 574 g/mol. The summed E-state index contributed by atoms with van der Waals surface area (Å²) in [7, 11) is 4.22. The molecule has 0 unspecified atom stereocenters. The van der Waals surface area contributed by atoms with Gasteiger partial charge in [-0.3, -0.25) is 9.69 Å². The van der Waals surface area contributed by atoms with Crippen molar-refractivity contribution in [1.82, 2.24) is 14.7 Å². The van der Waals surface area contributed by atoms with Crippen molar-refractivity contribution in [3.05, 3.63) is 47.0 Å².